The molecule has 0 spiro atoms. The van der Waals surface area contributed by atoms with Crippen molar-refractivity contribution in [1.29, 1.82) is 0 Å². The molecule has 2 aromatic rings. The SMILES string of the molecule is CC(C)C[C@H](NC(=O)[C@H](CCC(=O)OCCC(=O)NCC[C@@H](N)C(=O)N[C@@H](C)C(=O)NCC(=O)NCC(N)=O)NC(=O)[C@@H](NC(=O)[C@@H](NC(=O)OCC1c2ccccc2-c2ccccc21)C(C)C)C(C)C)C(=O)O. The Kier molecular flexibility index (Phi) is 24.4. The Morgan fingerprint density at radius 3 is 1.73 bits per heavy atom. The summed E-state index contributed by atoms with van der Waals surface area (Å²) in [6.45, 7) is 10.2. The number of nitrogens with one attached hydrogen (secondary N) is 8. The highest BCUT2D eigenvalue weighted by Gasteiger charge is 2.35. The number of carbonyl (C=O) groups excluding carboxylic acids is 10. The van der Waals surface area contributed by atoms with Gasteiger partial charge in [-0.1, -0.05) is 90.1 Å². The van der Waals surface area contributed by atoms with Gasteiger partial charge in [-0.15, -0.1) is 0 Å². The summed E-state index contributed by atoms with van der Waals surface area (Å²) in [5.41, 5.74) is 14.9. The van der Waals surface area contributed by atoms with Gasteiger partial charge < -0.3 is 68.6 Å². The zero-order chi connectivity index (χ0) is 55.2. The average molecular weight is 1040 g/mol. The third kappa shape index (κ3) is 19.8. The first-order valence-electron chi connectivity index (χ1n) is 24.5. The van der Waals surface area contributed by atoms with Crippen molar-refractivity contribution in [3.8, 4) is 11.1 Å². The molecule has 0 heterocycles. The number of esters is 1. The van der Waals surface area contributed by atoms with Crippen molar-refractivity contribution in [3.63, 3.8) is 0 Å². The molecule has 13 N–H and O–H groups in total. The molecule has 9 amide bonds. The van der Waals surface area contributed by atoms with E-state index < -0.39 is 139 Å². The Morgan fingerprint density at radius 2 is 1.16 bits per heavy atom. The van der Waals surface area contributed by atoms with Crippen LogP contribution >= 0.6 is 0 Å². The molecule has 0 bridgehead atoms. The standard InChI is InChI=1S/C50H72N10O14/c1-26(2)22-37(49(70)71)58-46(67)36(16-17-41(64)73-21-19-39(62)53-20-18-35(51)45(66)56-29(7)44(65)55-24-40(63)54-23-38(52)61)57-47(68)42(27(3)4)59-48(69)43(28(5)6)60-50(72)74-25-34-32-14-10-8-12-30(32)31-13-9-11-15-33(31)34/h8-15,26-29,34-37,42-43H,16-25,51H2,1-7H3,(H2,52,61)(H,53,62)(H,54,63)(H,55,65)(H,56,66)(H,57,68)(H,58,67)(H,59,69)(H,60,72)(H,70,71)/t29-,35+,36-,37-,42-,43-/m0/s1. The van der Waals surface area contributed by atoms with Crippen LogP contribution in [-0.2, 0) is 57.4 Å². The van der Waals surface area contributed by atoms with Gasteiger partial charge in [0.05, 0.1) is 25.6 Å². The molecule has 74 heavy (non-hydrogen) atoms. The lowest BCUT2D eigenvalue weighted by atomic mass is 9.98. The Balaban J connectivity index is 1.55. The van der Waals surface area contributed by atoms with E-state index in [1.165, 1.54) is 6.92 Å². The van der Waals surface area contributed by atoms with E-state index in [0.717, 1.165) is 22.3 Å². The van der Waals surface area contributed by atoms with Crippen molar-refractivity contribution in [1.82, 2.24) is 42.5 Å². The maximum absolute atomic E-state index is 13.9. The number of rotatable bonds is 30. The van der Waals surface area contributed by atoms with Crippen LogP contribution in [0.5, 0.6) is 0 Å². The lowest BCUT2D eigenvalue weighted by Crippen LogP contribution is -2.59. The monoisotopic (exact) mass is 1040 g/mol. The van der Waals surface area contributed by atoms with Crippen LogP contribution < -0.4 is 54.0 Å². The lowest BCUT2D eigenvalue weighted by Gasteiger charge is -2.29. The molecule has 1 aliphatic carbocycles. The molecule has 0 aliphatic heterocycles. The normalized spacial score (nSPS) is 14.1. The molecule has 0 saturated carbocycles. The number of ether oxygens (including phenoxy) is 2. The zero-order valence-electron chi connectivity index (χ0n) is 42.9. The summed E-state index contributed by atoms with van der Waals surface area (Å²) < 4.78 is 10.9. The fraction of sp³-hybridized carbons (Fsp3) is 0.540. The van der Waals surface area contributed by atoms with Crippen molar-refractivity contribution in [2.45, 2.75) is 123 Å². The van der Waals surface area contributed by atoms with Gasteiger partial charge in [0.15, 0.2) is 0 Å². The van der Waals surface area contributed by atoms with Gasteiger partial charge in [0.25, 0.3) is 0 Å². The second-order valence-electron chi connectivity index (χ2n) is 19.0. The second-order valence-corrected chi connectivity index (χ2v) is 19.0. The highest BCUT2D eigenvalue weighted by Crippen LogP contribution is 2.44. The molecule has 0 fully saturated rings. The minimum Gasteiger partial charge on any atom is -0.480 e. The summed E-state index contributed by atoms with van der Waals surface area (Å²) in [7, 11) is 0. The molecule has 0 saturated heterocycles. The van der Waals surface area contributed by atoms with Gasteiger partial charge in [-0.2, -0.15) is 0 Å². The summed E-state index contributed by atoms with van der Waals surface area (Å²) in [4.78, 5) is 139. The number of primary amides is 1. The number of hydrogen-bond acceptors (Lipinski definition) is 14. The van der Waals surface area contributed by atoms with Gasteiger partial charge in [0.1, 0.15) is 43.4 Å². The predicted octanol–water partition coefficient (Wildman–Crippen LogP) is -0.440. The first kappa shape index (κ1) is 60.7. The van der Waals surface area contributed by atoms with Crippen molar-refractivity contribution < 1.29 is 67.3 Å². The molecular weight excluding hydrogens is 965 g/mol. The minimum absolute atomic E-state index is 0.00329. The fourth-order valence-corrected chi connectivity index (χ4v) is 7.71. The average Bonchev–Trinajstić information content (AvgIpc) is 3.66. The molecule has 0 unspecified atom stereocenters. The summed E-state index contributed by atoms with van der Waals surface area (Å²) >= 11 is 0. The maximum atomic E-state index is 13.9. The van der Waals surface area contributed by atoms with E-state index in [2.05, 4.69) is 42.5 Å². The summed E-state index contributed by atoms with van der Waals surface area (Å²) in [6.07, 6.45) is -2.00. The van der Waals surface area contributed by atoms with Gasteiger partial charge in [0, 0.05) is 18.9 Å². The second kappa shape index (κ2) is 29.8. The molecule has 406 valence electrons. The van der Waals surface area contributed by atoms with Crippen LogP contribution in [0.4, 0.5) is 4.79 Å². The summed E-state index contributed by atoms with van der Waals surface area (Å²) in [5, 5.41) is 29.5. The van der Waals surface area contributed by atoms with E-state index in [-0.39, 0.29) is 50.7 Å². The molecule has 24 heteroatoms. The lowest BCUT2D eigenvalue weighted by molar-refractivity contribution is -0.146. The number of amides is 9. The van der Waals surface area contributed by atoms with Crippen molar-refractivity contribution >= 4 is 65.3 Å². The molecular formula is C50H72N10O14. The quantitative estimate of drug-likeness (QED) is 0.0442. The zero-order valence-corrected chi connectivity index (χ0v) is 42.9. The van der Waals surface area contributed by atoms with Gasteiger partial charge in [0.2, 0.25) is 47.3 Å². The third-order valence-electron chi connectivity index (χ3n) is 11.7. The number of aliphatic carboxylic acids is 1. The predicted molar refractivity (Wildman–Crippen MR) is 268 cm³/mol. The van der Waals surface area contributed by atoms with Crippen molar-refractivity contribution in [2.75, 3.05) is 32.8 Å². The van der Waals surface area contributed by atoms with Crippen LogP contribution in [0.25, 0.3) is 11.1 Å². The topological polar surface area (TPSA) is 375 Å². The van der Waals surface area contributed by atoms with E-state index in [4.69, 9.17) is 20.9 Å². The summed E-state index contributed by atoms with van der Waals surface area (Å²) in [6, 6.07) is 8.14. The first-order valence-corrected chi connectivity index (χ1v) is 24.5. The van der Waals surface area contributed by atoms with Gasteiger partial charge in [-0.25, -0.2) is 9.59 Å². The van der Waals surface area contributed by atoms with Crippen molar-refractivity contribution in [2.24, 2.45) is 29.2 Å². The third-order valence-corrected chi connectivity index (χ3v) is 11.7. The van der Waals surface area contributed by atoms with E-state index in [1.807, 2.05) is 48.5 Å². The number of alkyl carbamates (subject to hydrolysis) is 1. The van der Waals surface area contributed by atoms with Gasteiger partial charge >= 0.3 is 18.0 Å². The van der Waals surface area contributed by atoms with Crippen LogP contribution in [0.1, 0.15) is 97.6 Å². The number of fused-ring (bicyclic) bond motifs is 3. The molecule has 1 aliphatic rings. The molecule has 2 aromatic carbocycles. The number of carboxylic acids is 1. The largest absolute Gasteiger partial charge is 0.480 e. The molecule has 0 aromatic heterocycles. The van der Waals surface area contributed by atoms with Gasteiger partial charge in [-0.3, -0.25) is 43.2 Å². The fourth-order valence-electron chi connectivity index (χ4n) is 7.71. The van der Waals surface area contributed by atoms with Crippen LogP contribution in [0.2, 0.25) is 0 Å². The van der Waals surface area contributed by atoms with E-state index in [9.17, 15) is 57.8 Å². The number of hydrogen-bond donors (Lipinski definition) is 11. The Hall–Kier alpha value is -7.63. The number of nitrogens with two attached hydrogens (primary N) is 2. The number of carbonyl (C=O) groups is 11. The number of benzene rings is 2. The Bertz CT molecular complexity index is 2300. The number of carboxylic acid groups (broad SMARTS) is 1. The highest BCUT2D eigenvalue weighted by molar-refractivity contribution is 5.95. The van der Waals surface area contributed by atoms with Crippen LogP contribution in [0.15, 0.2) is 48.5 Å². The van der Waals surface area contributed by atoms with Crippen LogP contribution in [0.3, 0.4) is 0 Å². The minimum atomic E-state index is -1.50. The van der Waals surface area contributed by atoms with Crippen LogP contribution in [0, 0.1) is 17.8 Å². The molecule has 3 rings (SSSR count). The van der Waals surface area contributed by atoms with E-state index in [1.54, 1.807) is 41.5 Å². The Labute approximate surface area is 429 Å². The molecule has 6 atom stereocenters. The smallest absolute Gasteiger partial charge is 0.407 e. The Morgan fingerprint density at radius 1 is 0.595 bits per heavy atom. The first-order chi connectivity index (χ1) is 34.9. The van der Waals surface area contributed by atoms with Crippen molar-refractivity contribution in [3.05, 3.63) is 59.7 Å². The van der Waals surface area contributed by atoms with Gasteiger partial charge in [-0.05, 0) is 66.2 Å². The molecule has 24 nitrogen and oxygen atoms in total. The van der Waals surface area contributed by atoms with Crippen LogP contribution in [-0.4, -0.2) is 139 Å². The van der Waals surface area contributed by atoms with E-state index in [0.29, 0.717) is 0 Å². The molecule has 0 radical (unpaired) electrons. The van der Waals surface area contributed by atoms with E-state index >= 15 is 0 Å². The maximum Gasteiger partial charge on any atom is 0.407 e. The highest BCUT2D eigenvalue weighted by atomic mass is 16.5. The summed E-state index contributed by atoms with van der Waals surface area (Å²) in [5.74, 6) is -9.54.